The zero-order valence-corrected chi connectivity index (χ0v) is 8.35. The van der Waals surface area contributed by atoms with Crippen LogP contribution in [0.1, 0.15) is 18.1 Å². The van der Waals surface area contributed by atoms with Crippen molar-refractivity contribution in [2.75, 3.05) is 6.61 Å². The summed E-state index contributed by atoms with van der Waals surface area (Å²) in [5, 5.41) is 0. The molecule has 1 nitrogen and oxygen atoms in total. The highest BCUT2D eigenvalue weighted by molar-refractivity contribution is 5.33. The fourth-order valence-electron chi connectivity index (χ4n) is 0.995. The average molecular weight is 174 g/mol. The van der Waals surface area contributed by atoms with Gasteiger partial charge in [-0.1, -0.05) is 12.0 Å². The second-order valence-corrected chi connectivity index (χ2v) is 2.96. The maximum Gasteiger partial charge on any atom is 0.149 e. The van der Waals surface area contributed by atoms with Crippen molar-refractivity contribution in [1.82, 2.24) is 0 Å². The summed E-state index contributed by atoms with van der Waals surface area (Å²) in [5.74, 6) is 6.54. The van der Waals surface area contributed by atoms with E-state index in [1.54, 1.807) is 0 Å². The standard InChI is InChI=1S/C12H14O/c1-4-5-8-13-12-7-6-10(2)11(3)9-12/h6-7,9H,8H2,1-3H3. The minimum absolute atomic E-state index is 0.471. The Morgan fingerprint density at radius 3 is 2.62 bits per heavy atom. The molecule has 0 amide bonds. The Labute approximate surface area is 79.7 Å². The van der Waals surface area contributed by atoms with Crippen LogP contribution in [0.4, 0.5) is 0 Å². The van der Waals surface area contributed by atoms with Crippen molar-refractivity contribution in [2.24, 2.45) is 0 Å². The van der Waals surface area contributed by atoms with E-state index in [2.05, 4.69) is 31.8 Å². The molecule has 1 aromatic rings. The smallest absolute Gasteiger partial charge is 0.149 e. The van der Waals surface area contributed by atoms with Gasteiger partial charge in [-0.25, -0.2) is 0 Å². The van der Waals surface area contributed by atoms with Gasteiger partial charge in [-0.3, -0.25) is 0 Å². The van der Waals surface area contributed by atoms with E-state index >= 15 is 0 Å². The van der Waals surface area contributed by atoms with Gasteiger partial charge in [0.15, 0.2) is 0 Å². The predicted molar refractivity (Wildman–Crippen MR) is 54.9 cm³/mol. The average Bonchev–Trinajstić information content (AvgIpc) is 2.12. The van der Waals surface area contributed by atoms with Gasteiger partial charge >= 0.3 is 0 Å². The second-order valence-electron chi connectivity index (χ2n) is 2.96. The van der Waals surface area contributed by atoms with E-state index in [0.29, 0.717) is 6.61 Å². The maximum absolute atomic E-state index is 5.41. The first kappa shape index (κ1) is 9.67. The molecule has 13 heavy (non-hydrogen) atoms. The van der Waals surface area contributed by atoms with Gasteiger partial charge in [0.25, 0.3) is 0 Å². The third-order valence-corrected chi connectivity index (χ3v) is 1.97. The molecule has 0 aliphatic carbocycles. The molecular formula is C12H14O. The monoisotopic (exact) mass is 174 g/mol. The van der Waals surface area contributed by atoms with Crippen LogP contribution in [0.5, 0.6) is 5.75 Å². The summed E-state index contributed by atoms with van der Waals surface area (Å²) in [4.78, 5) is 0. The third-order valence-electron chi connectivity index (χ3n) is 1.97. The van der Waals surface area contributed by atoms with Crippen LogP contribution in [-0.2, 0) is 0 Å². The van der Waals surface area contributed by atoms with Gasteiger partial charge in [0.1, 0.15) is 12.4 Å². The summed E-state index contributed by atoms with van der Waals surface area (Å²) in [5.41, 5.74) is 2.54. The largest absolute Gasteiger partial charge is 0.481 e. The quantitative estimate of drug-likeness (QED) is 0.626. The number of aryl methyl sites for hydroxylation is 2. The molecule has 0 heterocycles. The number of benzene rings is 1. The SMILES string of the molecule is CC#CCOc1ccc(C)c(C)c1. The predicted octanol–water partition coefficient (Wildman–Crippen LogP) is 2.71. The Kier molecular flexibility index (Phi) is 3.40. The molecule has 0 bridgehead atoms. The molecule has 0 saturated carbocycles. The van der Waals surface area contributed by atoms with Crippen LogP contribution in [0.25, 0.3) is 0 Å². The lowest BCUT2D eigenvalue weighted by Crippen LogP contribution is -1.94. The van der Waals surface area contributed by atoms with Gasteiger partial charge < -0.3 is 4.74 Å². The Balaban J connectivity index is 2.66. The lowest BCUT2D eigenvalue weighted by Gasteiger charge is -2.04. The molecule has 0 aliphatic heterocycles. The molecular weight excluding hydrogens is 160 g/mol. The van der Waals surface area contributed by atoms with Gasteiger partial charge in [0.05, 0.1) is 0 Å². The highest BCUT2D eigenvalue weighted by Gasteiger charge is 1.95. The van der Waals surface area contributed by atoms with Crippen LogP contribution in [0.2, 0.25) is 0 Å². The Morgan fingerprint density at radius 1 is 1.23 bits per heavy atom. The second kappa shape index (κ2) is 4.57. The van der Waals surface area contributed by atoms with Crippen molar-refractivity contribution in [3.63, 3.8) is 0 Å². The number of rotatable bonds is 2. The fourth-order valence-corrected chi connectivity index (χ4v) is 0.995. The first-order valence-corrected chi connectivity index (χ1v) is 4.33. The lowest BCUT2D eigenvalue weighted by atomic mass is 10.1. The van der Waals surface area contributed by atoms with Gasteiger partial charge in [-0.15, -0.1) is 5.92 Å². The molecule has 0 unspecified atom stereocenters. The Bertz CT molecular complexity index is 342. The summed E-state index contributed by atoms with van der Waals surface area (Å²) in [6, 6.07) is 6.07. The van der Waals surface area contributed by atoms with Gasteiger partial charge in [0, 0.05) is 0 Å². The third kappa shape index (κ3) is 2.83. The zero-order valence-electron chi connectivity index (χ0n) is 8.35. The summed E-state index contributed by atoms with van der Waals surface area (Å²) < 4.78 is 5.41. The highest BCUT2D eigenvalue weighted by Crippen LogP contribution is 2.15. The molecule has 1 aromatic carbocycles. The number of hydrogen-bond donors (Lipinski definition) is 0. The molecule has 0 spiro atoms. The van der Waals surface area contributed by atoms with Crippen molar-refractivity contribution in [3.8, 4) is 17.6 Å². The molecule has 0 radical (unpaired) electrons. The van der Waals surface area contributed by atoms with Crippen LogP contribution >= 0.6 is 0 Å². The first-order chi connectivity index (χ1) is 6.24. The molecule has 68 valence electrons. The van der Waals surface area contributed by atoms with Crippen LogP contribution in [0, 0.1) is 25.7 Å². The molecule has 0 atom stereocenters. The molecule has 0 N–H and O–H groups in total. The van der Waals surface area contributed by atoms with Crippen LogP contribution in [0.15, 0.2) is 18.2 Å². The van der Waals surface area contributed by atoms with Crippen LogP contribution in [0.3, 0.4) is 0 Å². The first-order valence-electron chi connectivity index (χ1n) is 4.33. The van der Waals surface area contributed by atoms with E-state index in [-0.39, 0.29) is 0 Å². The van der Waals surface area contributed by atoms with Gasteiger partial charge in [0.2, 0.25) is 0 Å². The van der Waals surface area contributed by atoms with Crippen molar-refractivity contribution >= 4 is 0 Å². The van der Waals surface area contributed by atoms with E-state index in [9.17, 15) is 0 Å². The van der Waals surface area contributed by atoms with Gasteiger partial charge in [-0.05, 0) is 44.0 Å². The maximum atomic E-state index is 5.41. The van der Waals surface area contributed by atoms with Crippen molar-refractivity contribution in [2.45, 2.75) is 20.8 Å². The van der Waals surface area contributed by atoms with Crippen molar-refractivity contribution in [3.05, 3.63) is 29.3 Å². The molecule has 0 saturated heterocycles. The molecule has 0 aliphatic rings. The Hall–Kier alpha value is -1.42. The molecule has 0 aromatic heterocycles. The normalized spacial score (nSPS) is 8.85. The summed E-state index contributed by atoms with van der Waals surface area (Å²) in [6.07, 6.45) is 0. The van der Waals surface area contributed by atoms with Crippen molar-refractivity contribution < 1.29 is 4.74 Å². The lowest BCUT2D eigenvalue weighted by molar-refractivity contribution is 0.370. The van der Waals surface area contributed by atoms with Crippen molar-refractivity contribution in [1.29, 1.82) is 0 Å². The minimum atomic E-state index is 0.471. The van der Waals surface area contributed by atoms with Crippen LogP contribution in [-0.4, -0.2) is 6.61 Å². The Morgan fingerprint density at radius 2 is 2.00 bits per heavy atom. The highest BCUT2D eigenvalue weighted by atomic mass is 16.5. The minimum Gasteiger partial charge on any atom is -0.481 e. The molecule has 0 fully saturated rings. The number of ether oxygens (including phenoxy) is 1. The molecule has 1 heteroatoms. The summed E-state index contributed by atoms with van der Waals surface area (Å²) in [7, 11) is 0. The van der Waals surface area contributed by atoms with E-state index in [4.69, 9.17) is 4.74 Å². The van der Waals surface area contributed by atoms with Crippen LogP contribution < -0.4 is 4.74 Å². The van der Waals surface area contributed by atoms with E-state index in [0.717, 1.165) is 5.75 Å². The van der Waals surface area contributed by atoms with Gasteiger partial charge in [-0.2, -0.15) is 0 Å². The number of hydrogen-bond acceptors (Lipinski definition) is 1. The van der Waals surface area contributed by atoms with E-state index in [1.807, 2.05) is 19.1 Å². The molecule has 1 rings (SSSR count). The fraction of sp³-hybridized carbons (Fsp3) is 0.333. The zero-order chi connectivity index (χ0) is 9.68. The van der Waals surface area contributed by atoms with E-state index < -0.39 is 0 Å². The summed E-state index contributed by atoms with van der Waals surface area (Å²) >= 11 is 0. The van der Waals surface area contributed by atoms with E-state index in [1.165, 1.54) is 11.1 Å². The summed E-state index contributed by atoms with van der Waals surface area (Å²) in [6.45, 7) is 6.45. The topological polar surface area (TPSA) is 9.23 Å².